The number of phenols is 2. The van der Waals surface area contributed by atoms with Crippen LogP contribution in [0.5, 0.6) is 17.2 Å². The van der Waals surface area contributed by atoms with E-state index in [4.69, 9.17) is 9.47 Å². The summed E-state index contributed by atoms with van der Waals surface area (Å²) in [4.78, 5) is 34.7. The Bertz CT molecular complexity index is 1470. The summed E-state index contributed by atoms with van der Waals surface area (Å²) in [6.07, 6.45) is -3.47. The van der Waals surface area contributed by atoms with E-state index in [9.17, 15) is 45.3 Å². The predicted octanol–water partition coefficient (Wildman–Crippen LogP) is -0.642. The van der Waals surface area contributed by atoms with Crippen molar-refractivity contribution in [1.29, 1.82) is 0 Å². The molecule has 3 aliphatic rings. The SMILES string of the molecule is O=C(O)[C@H]1Cc2cc(O)c(O[C@@H]3O[C@H](CO)[C@@H](O)[C@H](O)[C@H]3O)cc2N1C(=O)/C=C/c1ccc(O)c(CC2=NCN=C2)c1. The monoisotopic (exact) mass is 583 g/mol. The minimum absolute atomic E-state index is 0.0487. The normalized spacial score (nSPS) is 26.9. The molecule has 5 rings (SSSR count). The third kappa shape index (κ3) is 5.70. The Morgan fingerprint density at radius 3 is 2.55 bits per heavy atom. The van der Waals surface area contributed by atoms with E-state index in [2.05, 4.69) is 9.98 Å². The molecule has 2 aromatic rings. The summed E-state index contributed by atoms with van der Waals surface area (Å²) in [5, 5.41) is 70.4. The van der Waals surface area contributed by atoms with Crippen LogP contribution < -0.4 is 9.64 Å². The van der Waals surface area contributed by atoms with Crippen molar-refractivity contribution >= 4 is 35.6 Å². The van der Waals surface area contributed by atoms with Gasteiger partial charge < -0.3 is 45.2 Å². The smallest absolute Gasteiger partial charge is 0.327 e. The number of hydrogen-bond acceptors (Lipinski definition) is 12. The molecule has 42 heavy (non-hydrogen) atoms. The van der Waals surface area contributed by atoms with Gasteiger partial charge >= 0.3 is 5.97 Å². The number of aliphatic imine (C=N–C) groups is 2. The Morgan fingerprint density at radius 1 is 1.07 bits per heavy atom. The number of carbonyl (C=O) groups excluding carboxylic acids is 1. The van der Waals surface area contributed by atoms with Crippen molar-refractivity contribution in [1.82, 2.24) is 0 Å². The molecule has 3 heterocycles. The Hall–Kier alpha value is -4.34. The summed E-state index contributed by atoms with van der Waals surface area (Å²) < 4.78 is 10.9. The van der Waals surface area contributed by atoms with Gasteiger partial charge in [-0.3, -0.25) is 19.7 Å². The second-order valence-corrected chi connectivity index (χ2v) is 10.0. The topological polar surface area (TPSA) is 222 Å². The molecule has 14 nitrogen and oxygen atoms in total. The van der Waals surface area contributed by atoms with Crippen LogP contribution in [0.15, 0.2) is 46.4 Å². The van der Waals surface area contributed by atoms with Gasteiger partial charge in [0.2, 0.25) is 6.29 Å². The van der Waals surface area contributed by atoms with Crippen LogP contribution in [0, 0.1) is 0 Å². The molecule has 0 saturated carbocycles. The number of carboxylic acid groups (broad SMARTS) is 1. The number of phenolic OH excluding ortho intramolecular Hbond substituents is 2. The molecule has 1 fully saturated rings. The van der Waals surface area contributed by atoms with E-state index in [-0.39, 0.29) is 23.6 Å². The highest BCUT2D eigenvalue weighted by molar-refractivity contribution is 6.32. The molecule has 14 heteroatoms. The van der Waals surface area contributed by atoms with Gasteiger partial charge in [-0.25, -0.2) is 4.79 Å². The number of anilines is 1. The zero-order valence-corrected chi connectivity index (χ0v) is 22.0. The lowest BCUT2D eigenvalue weighted by Gasteiger charge is -2.39. The zero-order chi connectivity index (χ0) is 30.1. The predicted molar refractivity (Wildman–Crippen MR) is 147 cm³/mol. The number of aliphatic hydroxyl groups is 4. The maximum absolute atomic E-state index is 13.4. The van der Waals surface area contributed by atoms with Crippen molar-refractivity contribution in [2.75, 3.05) is 18.2 Å². The minimum atomic E-state index is -1.76. The summed E-state index contributed by atoms with van der Waals surface area (Å²) >= 11 is 0. The van der Waals surface area contributed by atoms with Crippen molar-refractivity contribution in [3.05, 3.63) is 53.1 Å². The molecule has 1 amide bonds. The standard InChI is InChI=1S/C28H29N3O11/c32-11-22-24(36)25(37)26(38)28(42-22)41-21-9-17-14(8-20(21)34)7-18(27(39)40)31(17)23(35)4-2-13-1-3-19(33)15(5-13)6-16-10-29-12-30-16/h1-5,8-10,18,22,24-26,28,32-34,36-38H,6-7,11-12H2,(H,39,40)/b4-2+/t18-,22-,24-,25+,26-,28-/m1/s1. The molecule has 0 aromatic heterocycles. The van der Waals surface area contributed by atoms with Crippen LogP contribution in [0.3, 0.4) is 0 Å². The van der Waals surface area contributed by atoms with E-state index in [0.29, 0.717) is 35.5 Å². The van der Waals surface area contributed by atoms with Gasteiger partial charge in [-0.2, -0.15) is 0 Å². The van der Waals surface area contributed by atoms with E-state index >= 15 is 0 Å². The van der Waals surface area contributed by atoms with Gasteiger partial charge in [0.1, 0.15) is 42.9 Å². The number of nitrogens with zero attached hydrogens (tertiary/aromatic N) is 3. The van der Waals surface area contributed by atoms with Crippen LogP contribution in [0.2, 0.25) is 0 Å². The fourth-order valence-corrected chi connectivity index (χ4v) is 5.02. The maximum Gasteiger partial charge on any atom is 0.327 e. The average molecular weight is 584 g/mol. The van der Waals surface area contributed by atoms with Gasteiger partial charge in [0.15, 0.2) is 11.5 Å². The number of benzene rings is 2. The molecule has 2 aromatic carbocycles. The molecule has 0 radical (unpaired) electrons. The second-order valence-electron chi connectivity index (χ2n) is 10.0. The van der Waals surface area contributed by atoms with Crippen molar-refractivity contribution in [3.63, 3.8) is 0 Å². The van der Waals surface area contributed by atoms with Crippen molar-refractivity contribution in [2.45, 2.75) is 49.6 Å². The van der Waals surface area contributed by atoms with Crippen LogP contribution in [-0.4, -0.2) is 110 Å². The molecule has 222 valence electrons. The van der Waals surface area contributed by atoms with Gasteiger partial charge in [-0.05, 0) is 35.4 Å². The third-order valence-corrected chi connectivity index (χ3v) is 7.25. The van der Waals surface area contributed by atoms with Gasteiger partial charge in [-0.15, -0.1) is 0 Å². The zero-order valence-electron chi connectivity index (χ0n) is 22.0. The van der Waals surface area contributed by atoms with Crippen LogP contribution in [-0.2, 0) is 27.2 Å². The number of carbonyl (C=O) groups is 2. The second kappa shape index (κ2) is 11.9. The number of ether oxygens (including phenoxy) is 2. The molecule has 0 spiro atoms. The van der Waals surface area contributed by atoms with Crippen LogP contribution in [0.4, 0.5) is 5.69 Å². The average Bonchev–Trinajstić information content (AvgIpc) is 3.61. The summed E-state index contributed by atoms with van der Waals surface area (Å²) in [5.74, 6) is -2.67. The van der Waals surface area contributed by atoms with Crippen LogP contribution in [0.25, 0.3) is 6.08 Å². The molecular formula is C28H29N3O11. The molecule has 3 aliphatic heterocycles. The highest BCUT2D eigenvalue weighted by Crippen LogP contribution is 2.42. The lowest BCUT2D eigenvalue weighted by Crippen LogP contribution is -2.60. The maximum atomic E-state index is 13.4. The van der Waals surface area contributed by atoms with Crippen LogP contribution in [0.1, 0.15) is 16.7 Å². The number of carboxylic acids is 1. The highest BCUT2D eigenvalue weighted by Gasteiger charge is 2.45. The molecule has 1 saturated heterocycles. The molecule has 6 atom stereocenters. The summed E-state index contributed by atoms with van der Waals surface area (Å²) in [6, 6.07) is 5.87. The number of fused-ring (bicyclic) bond motifs is 1. The van der Waals surface area contributed by atoms with E-state index in [1.54, 1.807) is 18.3 Å². The number of aromatic hydroxyl groups is 2. The molecule has 0 bridgehead atoms. The first-order valence-electron chi connectivity index (χ1n) is 13.0. The number of aliphatic carboxylic acids is 1. The largest absolute Gasteiger partial charge is 0.508 e. The quantitative estimate of drug-likeness (QED) is 0.194. The van der Waals surface area contributed by atoms with E-state index in [1.165, 1.54) is 30.4 Å². The number of rotatable bonds is 8. The lowest BCUT2D eigenvalue weighted by atomic mass is 9.99. The van der Waals surface area contributed by atoms with E-state index in [0.717, 1.165) is 4.90 Å². The van der Waals surface area contributed by atoms with Crippen molar-refractivity contribution in [3.8, 4) is 17.2 Å². The van der Waals surface area contributed by atoms with Crippen molar-refractivity contribution < 1.29 is 54.8 Å². The Morgan fingerprint density at radius 2 is 1.86 bits per heavy atom. The van der Waals surface area contributed by atoms with Crippen LogP contribution >= 0.6 is 0 Å². The van der Waals surface area contributed by atoms with E-state index < -0.39 is 61.0 Å². The van der Waals surface area contributed by atoms with Crippen molar-refractivity contribution in [2.24, 2.45) is 9.98 Å². The number of amides is 1. The highest BCUT2D eigenvalue weighted by atomic mass is 16.7. The molecule has 7 N–H and O–H groups in total. The Balaban J connectivity index is 1.40. The van der Waals surface area contributed by atoms with Gasteiger partial charge in [0, 0.05) is 36.8 Å². The number of aliphatic hydroxyl groups excluding tert-OH is 4. The fraction of sp³-hybridized carbons (Fsp3) is 0.357. The first-order valence-corrected chi connectivity index (χ1v) is 13.0. The number of hydrogen-bond donors (Lipinski definition) is 7. The Kier molecular flexibility index (Phi) is 8.24. The van der Waals surface area contributed by atoms with Gasteiger partial charge in [0.05, 0.1) is 18.0 Å². The third-order valence-electron chi connectivity index (χ3n) is 7.25. The molecular weight excluding hydrogens is 554 g/mol. The first-order chi connectivity index (χ1) is 20.1. The Labute approximate surface area is 238 Å². The van der Waals surface area contributed by atoms with E-state index in [1.807, 2.05) is 0 Å². The van der Waals surface area contributed by atoms with Gasteiger partial charge in [-0.1, -0.05) is 6.07 Å². The molecule has 0 aliphatic carbocycles. The first kappa shape index (κ1) is 29.2. The lowest BCUT2D eigenvalue weighted by molar-refractivity contribution is -0.277. The van der Waals surface area contributed by atoms with Gasteiger partial charge in [0.25, 0.3) is 5.91 Å². The fourth-order valence-electron chi connectivity index (χ4n) is 5.02. The molecule has 0 unspecified atom stereocenters. The summed E-state index contributed by atoms with van der Waals surface area (Å²) in [5.41, 5.74) is 2.30. The summed E-state index contributed by atoms with van der Waals surface area (Å²) in [7, 11) is 0. The summed E-state index contributed by atoms with van der Waals surface area (Å²) in [6.45, 7) is -0.360. The minimum Gasteiger partial charge on any atom is -0.508 e.